The van der Waals surface area contributed by atoms with Crippen LogP contribution < -0.4 is 38.2 Å². The van der Waals surface area contributed by atoms with Gasteiger partial charge in [-0.2, -0.15) is 0 Å². The number of fused-ring (bicyclic) bond motifs is 9. The van der Waals surface area contributed by atoms with Gasteiger partial charge in [-0.25, -0.2) is 0 Å². The molecule has 322 valence electrons. The molecule has 2 heterocycles. The highest BCUT2D eigenvalue weighted by molar-refractivity contribution is 6.69. The lowest BCUT2D eigenvalue weighted by Gasteiger charge is -2.34. The molecule has 0 amide bonds. The maximum absolute atomic E-state index is 2.64. The van der Waals surface area contributed by atoms with Gasteiger partial charge in [0.05, 0.1) is 16.4 Å². The van der Waals surface area contributed by atoms with Crippen molar-refractivity contribution in [3.05, 3.63) is 222 Å². The van der Waals surface area contributed by atoms with Crippen molar-refractivity contribution in [1.29, 1.82) is 0 Å². The van der Waals surface area contributed by atoms with Gasteiger partial charge in [0.2, 0.25) is 0 Å². The molecule has 13 rings (SSSR count). The maximum atomic E-state index is 2.64. The third-order valence-corrected chi connectivity index (χ3v) is 16.5. The number of rotatable bonds is 6. The highest BCUT2D eigenvalue weighted by Crippen LogP contribution is 2.56. The molecule has 0 fully saturated rings. The molecule has 0 unspecified atom stereocenters. The van der Waals surface area contributed by atoms with E-state index in [9.17, 15) is 0 Å². The molecule has 70 heavy (non-hydrogen) atoms. The molecule has 2 nitrogen and oxygen atoms in total. The van der Waals surface area contributed by atoms with Gasteiger partial charge >= 0.3 is 0 Å². The van der Waals surface area contributed by atoms with E-state index in [4.69, 9.17) is 0 Å². The molecular weight excluding hydrogens is 836 g/mol. The van der Waals surface area contributed by atoms with Crippen molar-refractivity contribution in [2.24, 2.45) is 0 Å². The molecule has 2 aromatic heterocycles. The number of aromatic nitrogens is 2. The predicted octanol–water partition coefficient (Wildman–Crippen LogP) is 3.39. The molecule has 0 spiro atoms. The van der Waals surface area contributed by atoms with E-state index in [1.54, 1.807) is 0 Å². The average Bonchev–Trinajstić information content (AvgIpc) is 4.05. The number of para-hydroxylation sites is 2. The van der Waals surface area contributed by atoms with Gasteiger partial charge in [0, 0.05) is 44.1 Å². The first-order valence-electron chi connectivity index (χ1n) is 24.8. The lowest BCUT2D eigenvalue weighted by atomic mass is 9.64. The molecule has 0 N–H and O–H groups in total. The van der Waals surface area contributed by atoms with Gasteiger partial charge in [-0.05, 0) is 91.9 Å². The summed E-state index contributed by atoms with van der Waals surface area (Å²) in [4.78, 5) is 0. The van der Waals surface area contributed by atoms with Gasteiger partial charge in [0.1, 0.15) is 54.9 Å². The first-order chi connectivity index (χ1) is 34.2. The topological polar surface area (TPSA) is 9.86 Å². The standard InChI is InChI=1S/C61H47B7N2/c62-51-48(35-28-31-47-44(32-35)43-26-15-25-40(34-16-5-1-6-17-34)58(43)69(47)38-22-11-4-12-23-38)52(63)56(67)59-49(51)50-53(64)54(65)55(66)57(68)60(50)70(59)39-29-30-42-41-24-13-14-27-45(41)61(46(42)33-39,36-18-7-2-8-19-36)37-20-9-3-10-21-37/h1-33H,62-68H2. The first-order valence-corrected chi connectivity index (χ1v) is 24.8. The van der Waals surface area contributed by atoms with Crippen LogP contribution in [0.2, 0.25) is 0 Å². The van der Waals surface area contributed by atoms with Crippen LogP contribution in [0.5, 0.6) is 0 Å². The fraction of sp³-hybridized carbons (Fsp3) is 0.0164. The van der Waals surface area contributed by atoms with E-state index in [1.165, 1.54) is 143 Å². The van der Waals surface area contributed by atoms with Crippen LogP contribution in [-0.2, 0) is 5.41 Å². The van der Waals surface area contributed by atoms with Crippen LogP contribution in [0, 0.1) is 0 Å². The van der Waals surface area contributed by atoms with Crippen LogP contribution in [-0.4, -0.2) is 64.1 Å². The Balaban J connectivity index is 1.10. The van der Waals surface area contributed by atoms with Crippen LogP contribution in [0.4, 0.5) is 0 Å². The number of nitrogens with zero attached hydrogens (tertiary/aromatic N) is 2. The lowest BCUT2D eigenvalue weighted by Crippen LogP contribution is -2.48. The molecule has 0 bridgehead atoms. The Morgan fingerprint density at radius 3 is 1.56 bits per heavy atom. The van der Waals surface area contributed by atoms with Crippen molar-refractivity contribution in [2.45, 2.75) is 5.41 Å². The first kappa shape index (κ1) is 42.4. The van der Waals surface area contributed by atoms with E-state index in [2.05, 4.69) is 264 Å². The van der Waals surface area contributed by atoms with E-state index >= 15 is 0 Å². The van der Waals surface area contributed by atoms with Gasteiger partial charge in [0.25, 0.3) is 0 Å². The van der Waals surface area contributed by atoms with Crippen molar-refractivity contribution in [1.82, 2.24) is 9.13 Å². The summed E-state index contributed by atoms with van der Waals surface area (Å²) in [6, 6.07) is 74.5. The smallest absolute Gasteiger partial charge is 0.141 e. The van der Waals surface area contributed by atoms with Gasteiger partial charge < -0.3 is 9.13 Å². The monoisotopic (exact) mass is 884 g/mol. The summed E-state index contributed by atoms with van der Waals surface area (Å²) in [7, 11) is 16.4. The fourth-order valence-corrected chi connectivity index (χ4v) is 12.9. The van der Waals surface area contributed by atoms with Gasteiger partial charge in [-0.15, -0.1) is 5.46 Å². The van der Waals surface area contributed by atoms with Gasteiger partial charge in [0.15, 0.2) is 0 Å². The lowest BCUT2D eigenvalue weighted by molar-refractivity contribution is 0.767. The molecule has 0 saturated heterocycles. The third kappa shape index (κ3) is 5.78. The molecule has 0 saturated carbocycles. The van der Waals surface area contributed by atoms with Crippen molar-refractivity contribution in [3.63, 3.8) is 0 Å². The Morgan fingerprint density at radius 1 is 0.314 bits per heavy atom. The summed E-state index contributed by atoms with van der Waals surface area (Å²) in [5.74, 6) is 0. The van der Waals surface area contributed by atoms with E-state index in [0.29, 0.717) is 0 Å². The molecular formula is C61H47B7N2. The minimum absolute atomic E-state index is 0.501. The van der Waals surface area contributed by atoms with Crippen molar-refractivity contribution >= 4 is 137 Å². The zero-order valence-corrected chi connectivity index (χ0v) is 40.9. The fourth-order valence-electron chi connectivity index (χ4n) is 12.9. The summed E-state index contributed by atoms with van der Waals surface area (Å²) >= 11 is 0. The summed E-state index contributed by atoms with van der Waals surface area (Å²) in [6.45, 7) is 0. The molecule has 0 radical (unpaired) electrons. The molecule has 0 atom stereocenters. The normalized spacial score (nSPS) is 12.8. The number of hydrogen-bond donors (Lipinski definition) is 0. The van der Waals surface area contributed by atoms with Crippen molar-refractivity contribution in [3.8, 4) is 44.8 Å². The molecule has 10 aromatic carbocycles. The Bertz CT molecular complexity index is 4090. The zero-order chi connectivity index (χ0) is 47.6. The summed E-state index contributed by atoms with van der Waals surface area (Å²) in [6.07, 6.45) is 0. The highest BCUT2D eigenvalue weighted by Gasteiger charge is 2.46. The van der Waals surface area contributed by atoms with Crippen LogP contribution in [0.25, 0.3) is 88.4 Å². The minimum atomic E-state index is -0.501. The van der Waals surface area contributed by atoms with E-state index < -0.39 is 5.41 Å². The van der Waals surface area contributed by atoms with Gasteiger partial charge in [-0.1, -0.05) is 197 Å². The third-order valence-electron chi connectivity index (χ3n) is 16.5. The second kappa shape index (κ2) is 15.9. The van der Waals surface area contributed by atoms with E-state index in [-0.39, 0.29) is 0 Å². The second-order valence-electron chi connectivity index (χ2n) is 19.8. The maximum Gasteiger partial charge on any atom is 0.141 e. The van der Waals surface area contributed by atoms with Gasteiger partial charge in [-0.3, -0.25) is 0 Å². The van der Waals surface area contributed by atoms with Crippen molar-refractivity contribution < 1.29 is 0 Å². The summed E-state index contributed by atoms with van der Waals surface area (Å²) in [5, 5.41) is 5.21. The summed E-state index contributed by atoms with van der Waals surface area (Å²) in [5.41, 5.74) is 29.0. The predicted molar refractivity (Wildman–Crippen MR) is 321 cm³/mol. The molecule has 1 aliphatic rings. The van der Waals surface area contributed by atoms with Crippen LogP contribution in [0.15, 0.2) is 200 Å². The highest BCUT2D eigenvalue weighted by atomic mass is 15.0. The minimum Gasteiger partial charge on any atom is -0.310 e. The van der Waals surface area contributed by atoms with E-state index in [1.807, 2.05) is 0 Å². The number of hydrogen-bond acceptors (Lipinski definition) is 0. The van der Waals surface area contributed by atoms with E-state index in [0.717, 1.165) is 5.69 Å². The molecule has 0 aliphatic heterocycles. The Hall–Kier alpha value is -7.75. The largest absolute Gasteiger partial charge is 0.310 e. The Kier molecular flexibility index (Phi) is 9.62. The molecule has 12 aromatic rings. The number of benzene rings is 10. The van der Waals surface area contributed by atoms with Crippen LogP contribution in [0.3, 0.4) is 0 Å². The van der Waals surface area contributed by atoms with Crippen LogP contribution in [0.1, 0.15) is 22.3 Å². The quantitative estimate of drug-likeness (QED) is 0.227. The zero-order valence-electron chi connectivity index (χ0n) is 40.9. The Morgan fingerprint density at radius 2 is 0.871 bits per heavy atom. The molecule has 9 heteroatoms. The average molecular weight is 884 g/mol. The van der Waals surface area contributed by atoms with Crippen molar-refractivity contribution in [2.75, 3.05) is 0 Å². The SMILES string of the molecule is Bc1c(B)c(B)c2c(c1B)c1c(B)c(-c3ccc4c(c3)c3cccc(-c5ccccc5)c3n4-c3ccccc3)c(B)c(B)c1n2-c1ccc2c(c1)C(c1ccccc1)(c1ccccc1)c1ccccc1-2. The molecule has 1 aliphatic carbocycles. The Labute approximate surface area is 416 Å². The van der Waals surface area contributed by atoms with Crippen LogP contribution >= 0.6 is 0 Å². The second-order valence-corrected chi connectivity index (χ2v) is 19.8. The summed E-state index contributed by atoms with van der Waals surface area (Å²) < 4.78 is 5.11.